The molecule has 1 aliphatic rings. The number of ether oxygens (including phenoxy) is 1. The average molecular weight is 350 g/mol. The van der Waals surface area contributed by atoms with Gasteiger partial charge in [0, 0.05) is 19.6 Å². The average Bonchev–Trinajstić information content (AvgIpc) is 2.53. The lowest BCUT2D eigenvalue weighted by atomic mass is 9.97. The standard InChI is InChI=1S/C19H27FN2O3/c1-19(2,3)25-18(24)22-11-5-7-15(13-22)17(23)21-10-9-14-6-4-8-16(20)12-14/h4,6,8,12,15H,5,7,9-11,13H2,1-3H3,(H,21,23). The Morgan fingerprint density at radius 3 is 2.80 bits per heavy atom. The number of carbonyl (C=O) groups is 2. The summed E-state index contributed by atoms with van der Waals surface area (Å²) in [6, 6.07) is 6.36. The van der Waals surface area contributed by atoms with Gasteiger partial charge < -0.3 is 15.0 Å². The Balaban J connectivity index is 1.80. The summed E-state index contributed by atoms with van der Waals surface area (Å²) >= 11 is 0. The molecule has 1 saturated heterocycles. The lowest BCUT2D eigenvalue weighted by Crippen LogP contribution is -2.47. The summed E-state index contributed by atoms with van der Waals surface area (Å²) in [5.74, 6) is -0.567. The molecule has 2 rings (SSSR count). The second kappa shape index (κ2) is 8.32. The van der Waals surface area contributed by atoms with E-state index in [0.29, 0.717) is 26.1 Å². The van der Waals surface area contributed by atoms with E-state index in [1.807, 2.05) is 26.8 Å². The van der Waals surface area contributed by atoms with E-state index in [1.54, 1.807) is 11.0 Å². The third kappa shape index (κ3) is 6.36. The van der Waals surface area contributed by atoms with E-state index in [4.69, 9.17) is 4.74 Å². The highest BCUT2D eigenvalue weighted by Gasteiger charge is 2.30. The van der Waals surface area contributed by atoms with Crippen LogP contribution in [0.3, 0.4) is 0 Å². The summed E-state index contributed by atoms with van der Waals surface area (Å²) in [7, 11) is 0. The van der Waals surface area contributed by atoms with Gasteiger partial charge in [0.05, 0.1) is 5.92 Å². The Bertz CT molecular complexity index is 613. The first-order valence-electron chi connectivity index (χ1n) is 8.75. The van der Waals surface area contributed by atoms with Crippen LogP contribution in [0.25, 0.3) is 0 Å². The zero-order chi connectivity index (χ0) is 18.4. The number of carbonyl (C=O) groups excluding carboxylic acids is 2. The van der Waals surface area contributed by atoms with Crippen molar-refractivity contribution < 1.29 is 18.7 Å². The van der Waals surface area contributed by atoms with Crippen molar-refractivity contribution in [2.75, 3.05) is 19.6 Å². The Labute approximate surface area is 148 Å². The quantitative estimate of drug-likeness (QED) is 0.908. The van der Waals surface area contributed by atoms with Gasteiger partial charge in [-0.3, -0.25) is 4.79 Å². The first-order chi connectivity index (χ1) is 11.7. The van der Waals surface area contributed by atoms with Crippen LogP contribution in [0, 0.1) is 11.7 Å². The molecule has 1 unspecified atom stereocenters. The number of hydrogen-bond donors (Lipinski definition) is 1. The Kier molecular flexibility index (Phi) is 6.39. The van der Waals surface area contributed by atoms with Crippen molar-refractivity contribution in [1.82, 2.24) is 10.2 Å². The highest BCUT2D eigenvalue weighted by Crippen LogP contribution is 2.19. The van der Waals surface area contributed by atoms with E-state index in [1.165, 1.54) is 12.1 Å². The van der Waals surface area contributed by atoms with Gasteiger partial charge in [0.2, 0.25) is 5.91 Å². The van der Waals surface area contributed by atoms with Crippen LogP contribution in [0.2, 0.25) is 0 Å². The highest BCUT2D eigenvalue weighted by molar-refractivity contribution is 5.80. The summed E-state index contributed by atoms with van der Waals surface area (Å²) in [5.41, 5.74) is 0.302. The minimum atomic E-state index is -0.544. The number of nitrogens with zero attached hydrogens (tertiary/aromatic N) is 1. The Morgan fingerprint density at radius 2 is 2.12 bits per heavy atom. The fourth-order valence-corrected chi connectivity index (χ4v) is 2.85. The molecule has 0 spiro atoms. The summed E-state index contributed by atoms with van der Waals surface area (Å²) < 4.78 is 18.5. The van der Waals surface area contributed by atoms with Gasteiger partial charge >= 0.3 is 6.09 Å². The van der Waals surface area contributed by atoms with E-state index in [-0.39, 0.29) is 23.7 Å². The van der Waals surface area contributed by atoms with E-state index in [9.17, 15) is 14.0 Å². The SMILES string of the molecule is CC(C)(C)OC(=O)N1CCCC(C(=O)NCCc2cccc(F)c2)C1. The van der Waals surface area contributed by atoms with Crippen molar-refractivity contribution in [2.24, 2.45) is 5.92 Å². The topological polar surface area (TPSA) is 58.6 Å². The van der Waals surface area contributed by atoms with Crippen LogP contribution in [-0.4, -0.2) is 42.1 Å². The molecule has 0 aromatic heterocycles. The van der Waals surface area contributed by atoms with Crippen molar-refractivity contribution in [1.29, 1.82) is 0 Å². The lowest BCUT2D eigenvalue weighted by molar-refractivity contribution is -0.126. The van der Waals surface area contributed by atoms with Crippen LogP contribution in [0.15, 0.2) is 24.3 Å². The van der Waals surface area contributed by atoms with Crippen molar-refractivity contribution in [3.8, 4) is 0 Å². The van der Waals surface area contributed by atoms with Crippen LogP contribution in [0.5, 0.6) is 0 Å². The molecule has 1 aromatic carbocycles. The highest BCUT2D eigenvalue weighted by atomic mass is 19.1. The predicted molar refractivity (Wildman–Crippen MR) is 93.6 cm³/mol. The molecule has 1 atom stereocenters. The van der Waals surface area contributed by atoms with Gasteiger partial charge in [-0.05, 0) is 57.7 Å². The fraction of sp³-hybridized carbons (Fsp3) is 0.579. The normalized spacial score (nSPS) is 17.9. The molecule has 0 aliphatic carbocycles. The van der Waals surface area contributed by atoms with Crippen molar-refractivity contribution >= 4 is 12.0 Å². The minimum absolute atomic E-state index is 0.0651. The number of nitrogens with one attached hydrogen (secondary N) is 1. The molecule has 1 fully saturated rings. The zero-order valence-electron chi connectivity index (χ0n) is 15.2. The predicted octanol–water partition coefficient (Wildman–Crippen LogP) is 3.13. The fourth-order valence-electron chi connectivity index (χ4n) is 2.85. The largest absolute Gasteiger partial charge is 0.444 e. The molecule has 6 heteroatoms. The van der Waals surface area contributed by atoms with E-state index in [2.05, 4.69) is 5.32 Å². The molecule has 1 N–H and O–H groups in total. The summed E-state index contributed by atoms with van der Waals surface area (Å²) in [6.07, 6.45) is 1.74. The van der Waals surface area contributed by atoms with E-state index < -0.39 is 5.60 Å². The molecular weight excluding hydrogens is 323 g/mol. The van der Waals surface area contributed by atoms with Gasteiger partial charge in [-0.1, -0.05) is 12.1 Å². The van der Waals surface area contributed by atoms with Crippen molar-refractivity contribution in [3.05, 3.63) is 35.6 Å². The van der Waals surface area contributed by atoms with Gasteiger partial charge in [-0.15, -0.1) is 0 Å². The molecule has 1 aliphatic heterocycles. The third-order valence-corrected chi connectivity index (χ3v) is 4.05. The number of likely N-dealkylation sites (tertiary alicyclic amines) is 1. The molecule has 5 nitrogen and oxygen atoms in total. The van der Waals surface area contributed by atoms with Gasteiger partial charge in [0.15, 0.2) is 0 Å². The molecule has 138 valence electrons. The number of halogens is 1. The van der Waals surface area contributed by atoms with Crippen molar-refractivity contribution in [2.45, 2.75) is 45.6 Å². The second-order valence-electron chi connectivity index (χ2n) is 7.44. The number of benzene rings is 1. The number of amides is 2. The number of piperidine rings is 1. The molecule has 0 saturated carbocycles. The maximum absolute atomic E-state index is 13.1. The summed E-state index contributed by atoms with van der Waals surface area (Å²) in [6.45, 7) is 6.91. The maximum atomic E-state index is 13.1. The van der Waals surface area contributed by atoms with Crippen LogP contribution >= 0.6 is 0 Å². The maximum Gasteiger partial charge on any atom is 0.410 e. The number of rotatable bonds is 4. The van der Waals surface area contributed by atoms with Gasteiger partial charge in [-0.2, -0.15) is 0 Å². The Hall–Kier alpha value is -2.11. The molecule has 1 heterocycles. The summed E-state index contributed by atoms with van der Waals surface area (Å²) in [4.78, 5) is 26.1. The first kappa shape index (κ1) is 19.2. The van der Waals surface area contributed by atoms with Gasteiger partial charge in [0.1, 0.15) is 11.4 Å². The third-order valence-electron chi connectivity index (χ3n) is 4.05. The van der Waals surface area contributed by atoms with Crippen LogP contribution in [0.4, 0.5) is 9.18 Å². The van der Waals surface area contributed by atoms with Gasteiger partial charge in [0.25, 0.3) is 0 Å². The monoisotopic (exact) mass is 350 g/mol. The lowest BCUT2D eigenvalue weighted by Gasteiger charge is -2.33. The molecule has 0 bridgehead atoms. The summed E-state index contributed by atoms with van der Waals surface area (Å²) in [5, 5.41) is 2.89. The molecule has 2 amide bonds. The van der Waals surface area contributed by atoms with E-state index >= 15 is 0 Å². The molecule has 0 radical (unpaired) electrons. The molecule has 1 aromatic rings. The van der Waals surface area contributed by atoms with Crippen LogP contribution < -0.4 is 5.32 Å². The Morgan fingerprint density at radius 1 is 1.36 bits per heavy atom. The van der Waals surface area contributed by atoms with Gasteiger partial charge in [-0.25, -0.2) is 9.18 Å². The smallest absolute Gasteiger partial charge is 0.410 e. The molecular formula is C19H27FN2O3. The van der Waals surface area contributed by atoms with E-state index in [0.717, 1.165) is 18.4 Å². The second-order valence-corrected chi connectivity index (χ2v) is 7.44. The zero-order valence-corrected chi connectivity index (χ0v) is 15.2. The van der Waals surface area contributed by atoms with Crippen molar-refractivity contribution in [3.63, 3.8) is 0 Å². The first-order valence-corrected chi connectivity index (χ1v) is 8.75. The van der Waals surface area contributed by atoms with Crippen LogP contribution in [0.1, 0.15) is 39.2 Å². The number of hydrogen-bond acceptors (Lipinski definition) is 3. The van der Waals surface area contributed by atoms with Crippen LogP contribution in [-0.2, 0) is 16.0 Å². The minimum Gasteiger partial charge on any atom is -0.444 e. The molecule has 25 heavy (non-hydrogen) atoms.